The summed E-state index contributed by atoms with van der Waals surface area (Å²) >= 11 is 3.41. The number of carbonyl (C=O) groups excluding carboxylic acids is 1. The van der Waals surface area contributed by atoms with Gasteiger partial charge in [-0.2, -0.15) is 0 Å². The lowest BCUT2D eigenvalue weighted by Crippen LogP contribution is -2.42. The molecule has 0 bridgehead atoms. The van der Waals surface area contributed by atoms with Crippen molar-refractivity contribution in [3.8, 4) is 0 Å². The van der Waals surface area contributed by atoms with Gasteiger partial charge in [0.1, 0.15) is 21.8 Å². The molecule has 0 aliphatic carbocycles. The molecular formula is C20H24BrFN4O2. The average Bonchev–Trinajstić information content (AvgIpc) is 2.59. The minimum atomic E-state index is -0.637. The van der Waals surface area contributed by atoms with E-state index in [-0.39, 0.29) is 12.6 Å². The molecule has 0 N–H and O–H groups in total. The van der Waals surface area contributed by atoms with Crippen molar-refractivity contribution in [2.45, 2.75) is 45.4 Å². The van der Waals surface area contributed by atoms with Gasteiger partial charge in [-0.05, 0) is 60.8 Å². The molecule has 1 aliphatic heterocycles. The van der Waals surface area contributed by atoms with Crippen molar-refractivity contribution in [2.75, 3.05) is 18.5 Å². The highest BCUT2D eigenvalue weighted by atomic mass is 79.9. The lowest BCUT2D eigenvalue weighted by Gasteiger charge is -2.39. The van der Waals surface area contributed by atoms with Crippen LogP contribution in [0.15, 0.2) is 35.2 Å². The fourth-order valence-electron chi connectivity index (χ4n) is 3.26. The van der Waals surface area contributed by atoms with E-state index in [9.17, 15) is 9.18 Å². The number of nitrogens with zero attached hydrogens (tertiary/aromatic N) is 4. The van der Waals surface area contributed by atoms with Crippen molar-refractivity contribution in [2.24, 2.45) is 0 Å². The molecule has 3 rings (SSSR count). The van der Waals surface area contributed by atoms with Crippen LogP contribution in [0.2, 0.25) is 0 Å². The number of aromatic nitrogens is 2. The predicted octanol–water partition coefficient (Wildman–Crippen LogP) is 4.70. The number of hydrogen-bond donors (Lipinski definition) is 0. The van der Waals surface area contributed by atoms with Crippen molar-refractivity contribution in [1.82, 2.24) is 14.9 Å². The Bertz CT molecular complexity index is 872. The second kappa shape index (κ2) is 8.03. The van der Waals surface area contributed by atoms with Crippen molar-refractivity contribution in [3.63, 3.8) is 0 Å². The summed E-state index contributed by atoms with van der Waals surface area (Å²) in [6, 6.07) is 4.99. The molecule has 150 valence electrons. The second-order valence-electron chi connectivity index (χ2n) is 7.89. The summed E-state index contributed by atoms with van der Waals surface area (Å²) in [6.45, 7) is 6.42. The molecule has 1 unspecified atom stereocenters. The van der Waals surface area contributed by atoms with E-state index < -0.39 is 17.5 Å². The van der Waals surface area contributed by atoms with Gasteiger partial charge in [-0.1, -0.05) is 6.07 Å². The van der Waals surface area contributed by atoms with Crippen LogP contribution >= 0.6 is 15.9 Å². The number of pyridine rings is 2. The van der Waals surface area contributed by atoms with Crippen LogP contribution in [0.4, 0.5) is 15.0 Å². The molecule has 0 radical (unpaired) electrons. The molecule has 1 atom stereocenters. The maximum Gasteiger partial charge on any atom is 0.411 e. The standard InChI is InChI=1S/C20H24BrFN4O2/c1-20(2,3)28-19(27)26(12-13-9-14(22)11-23-10-13)16-7-8-25(4)18-15(16)5-6-17(21)24-18/h5-6,9-11,16H,7-8,12H2,1-4H3. The smallest absolute Gasteiger partial charge is 0.411 e. The lowest BCUT2D eigenvalue weighted by molar-refractivity contribution is 0.0124. The van der Waals surface area contributed by atoms with E-state index in [0.29, 0.717) is 5.56 Å². The molecule has 0 aromatic carbocycles. The van der Waals surface area contributed by atoms with Crippen molar-refractivity contribution < 1.29 is 13.9 Å². The summed E-state index contributed by atoms with van der Waals surface area (Å²) in [6.07, 6.45) is 2.98. The van der Waals surface area contributed by atoms with Crippen molar-refractivity contribution in [3.05, 3.63) is 52.1 Å². The average molecular weight is 451 g/mol. The minimum Gasteiger partial charge on any atom is -0.444 e. The van der Waals surface area contributed by atoms with E-state index in [1.165, 1.54) is 6.07 Å². The summed E-state index contributed by atoms with van der Waals surface area (Å²) in [5, 5.41) is 0. The molecule has 0 saturated heterocycles. The van der Waals surface area contributed by atoms with Gasteiger partial charge in [0.05, 0.1) is 18.8 Å². The first-order chi connectivity index (χ1) is 13.1. The number of anilines is 1. The van der Waals surface area contributed by atoms with E-state index in [2.05, 4.69) is 30.8 Å². The lowest BCUT2D eigenvalue weighted by atomic mass is 9.98. The normalized spacial score (nSPS) is 16.5. The zero-order valence-corrected chi connectivity index (χ0v) is 18.0. The Kier molecular flexibility index (Phi) is 5.88. The number of hydrogen-bond acceptors (Lipinski definition) is 5. The first kappa shape index (κ1) is 20.5. The highest BCUT2D eigenvalue weighted by Gasteiger charge is 2.34. The summed E-state index contributed by atoms with van der Waals surface area (Å²) < 4.78 is 20.0. The van der Waals surface area contributed by atoms with Gasteiger partial charge < -0.3 is 9.64 Å². The van der Waals surface area contributed by atoms with Crippen LogP contribution in [0, 0.1) is 5.82 Å². The number of halogens is 2. The highest BCUT2D eigenvalue weighted by Crippen LogP contribution is 2.37. The van der Waals surface area contributed by atoms with Gasteiger partial charge in [-0.15, -0.1) is 0 Å². The highest BCUT2D eigenvalue weighted by molar-refractivity contribution is 9.10. The first-order valence-corrected chi connectivity index (χ1v) is 9.90. The second-order valence-corrected chi connectivity index (χ2v) is 8.70. The quantitative estimate of drug-likeness (QED) is 0.634. The van der Waals surface area contributed by atoms with Crippen molar-refractivity contribution in [1.29, 1.82) is 0 Å². The zero-order chi connectivity index (χ0) is 20.5. The SMILES string of the molecule is CN1CCC(N(Cc2cncc(F)c2)C(=O)OC(C)(C)C)c2ccc(Br)nc21. The molecule has 0 spiro atoms. The Labute approximate surface area is 172 Å². The van der Waals surface area contributed by atoms with Gasteiger partial charge in [0.2, 0.25) is 0 Å². The van der Waals surface area contributed by atoms with E-state index in [4.69, 9.17) is 4.74 Å². The van der Waals surface area contributed by atoms with Crippen molar-refractivity contribution >= 4 is 27.8 Å². The molecule has 8 heteroatoms. The van der Waals surface area contributed by atoms with E-state index in [0.717, 1.165) is 35.1 Å². The van der Waals surface area contributed by atoms with Gasteiger partial charge in [0, 0.05) is 25.4 Å². The largest absolute Gasteiger partial charge is 0.444 e. The topological polar surface area (TPSA) is 58.6 Å². The summed E-state index contributed by atoms with van der Waals surface area (Å²) in [5.41, 5.74) is 0.908. The van der Waals surface area contributed by atoms with Crippen LogP contribution in [0.1, 0.15) is 44.4 Å². The van der Waals surface area contributed by atoms with Gasteiger partial charge in [-0.25, -0.2) is 14.2 Å². The maximum absolute atomic E-state index is 13.6. The predicted molar refractivity (Wildman–Crippen MR) is 109 cm³/mol. The molecule has 6 nitrogen and oxygen atoms in total. The van der Waals surface area contributed by atoms with Crippen LogP contribution in [0.3, 0.4) is 0 Å². The summed E-state index contributed by atoms with van der Waals surface area (Å²) in [7, 11) is 1.98. The van der Waals surface area contributed by atoms with Gasteiger partial charge in [-0.3, -0.25) is 9.88 Å². The molecule has 1 aliphatic rings. The van der Waals surface area contributed by atoms with Crippen LogP contribution in [-0.2, 0) is 11.3 Å². The molecule has 0 saturated carbocycles. The zero-order valence-electron chi connectivity index (χ0n) is 16.4. The monoisotopic (exact) mass is 450 g/mol. The Balaban J connectivity index is 1.99. The summed E-state index contributed by atoms with van der Waals surface area (Å²) in [5.74, 6) is 0.382. The van der Waals surface area contributed by atoms with Gasteiger partial charge >= 0.3 is 6.09 Å². The molecule has 0 fully saturated rings. The number of carbonyl (C=O) groups is 1. The Hall–Kier alpha value is -2.22. The Morgan fingerprint density at radius 2 is 2.14 bits per heavy atom. The van der Waals surface area contributed by atoms with E-state index in [1.807, 2.05) is 40.0 Å². The van der Waals surface area contributed by atoms with Crippen LogP contribution < -0.4 is 4.90 Å². The fraction of sp³-hybridized carbons (Fsp3) is 0.450. The molecule has 2 aromatic rings. The van der Waals surface area contributed by atoms with Gasteiger partial charge in [0.15, 0.2) is 0 Å². The van der Waals surface area contributed by atoms with Crippen LogP contribution in [0.25, 0.3) is 0 Å². The fourth-order valence-corrected chi connectivity index (χ4v) is 3.56. The third-order valence-electron chi connectivity index (χ3n) is 4.45. The number of fused-ring (bicyclic) bond motifs is 1. The molecule has 1 amide bonds. The Morgan fingerprint density at radius 1 is 1.39 bits per heavy atom. The molecule has 2 aromatic heterocycles. The third-order valence-corrected chi connectivity index (χ3v) is 4.89. The van der Waals surface area contributed by atoms with E-state index >= 15 is 0 Å². The number of ether oxygens (including phenoxy) is 1. The Morgan fingerprint density at radius 3 is 2.82 bits per heavy atom. The maximum atomic E-state index is 13.6. The molecular weight excluding hydrogens is 427 g/mol. The minimum absolute atomic E-state index is 0.198. The molecule has 3 heterocycles. The van der Waals surface area contributed by atoms with Gasteiger partial charge in [0.25, 0.3) is 0 Å². The summed E-state index contributed by atoms with van der Waals surface area (Å²) in [4.78, 5) is 25.2. The number of rotatable bonds is 3. The molecule has 28 heavy (non-hydrogen) atoms. The van der Waals surface area contributed by atoms with E-state index in [1.54, 1.807) is 11.1 Å². The first-order valence-electron chi connectivity index (χ1n) is 9.10. The van der Waals surface area contributed by atoms with Crippen LogP contribution in [0.5, 0.6) is 0 Å². The number of amides is 1. The third kappa shape index (κ3) is 4.79. The van der Waals surface area contributed by atoms with Crippen LogP contribution in [-0.4, -0.2) is 40.2 Å².